The van der Waals surface area contributed by atoms with Crippen molar-refractivity contribution in [2.45, 2.75) is 97.0 Å². The summed E-state index contributed by atoms with van der Waals surface area (Å²) in [4.78, 5) is 0. The molecule has 1 saturated heterocycles. The van der Waals surface area contributed by atoms with E-state index in [0.717, 1.165) is 17.0 Å². The summed E-state index contributed by atoms with van der Waals surface area (Å²) in [5.74, 6) is 0. The molecule has 0 aromatic carbocycles. The molecule has 1 heteroatoms. The van der Waals surface area contributed by atoms with Gasteiger partial charge < -0.3 is 0 Å². The highest BCUT2D eigenvalue weighted by Crippen LogP contribution is 2.69. The Morgan fingerprint density at radius 2 is 1.06 bits per heavy atom. The summed E-state index contributed by atoms with van der Waals surface area (Å²) in [6, 6.07) is 0. The Bertz CT molecular complexity index is 253. The van der Waals surface area contributed by atoms with E-state index in [-0.39, 0.29) is 7.92 Å². The molecule has 2 unspecified atom stereocenters. The first-order valence-electron chi connectivity index (χ1n) is 7.98. The first-order valence-corrected chi connectivity index (χ1v) is 9.53. The van der Waals surface area contributed by atoms with E-state index in [1.165, 1.54) is 25.7 Å². The van der Waals surface area contributed by atoms with Crippen molar-refractivity contribution in [3.63, 3.8) is 0 Å². The molecule has 0 nitrogen and oxygen atoms in total. The lowest BCUT2D eigenvalue weighted by Crippen LogP contribution is -2.30. The maximum Gasteiger partial charge on any atom is -0.0155 e. The fourth-order valence-electron chi connectivity index (χ4n) is 4.30. The smallest absolute Gasteiger partial charge is 0.0155 e. The van der Waals surface area contributed by atoms with Gasteiger partial charge in [0.1, 0.15) is 0 Å². The van der Waals surface area contributed by atoms with Crippen LogP contribution >= 0.6 is 7.92 Å². The molecule has 0 amide bonds. The first-order chi connectivity index (χ1) is 8.21. The van der Waals surface area contributed by atoms with Crippen molar-refractivity contribution in [1.29, 1.82) is 0 Å². The maximum atomic E-state index is 2.49. The zero-order valence-electron chi connectivity index (χ0n) is 13.4. The molecule has 0 radical (unpaired) electrons. The fraction of sp³-hybridized carbons (Fsp3) is 1.00. The van der Waals surface area contributed by atoms with Crippen LogP contribution in [-0.4, -0.2) is 17.0 Å². The molecule has 18 heavy (non-hydrogen) atoms. The molecular formula is C17H33P. The van der Waals surface area contributed by atoms with Crippen LogP contribution < -0.4 is 0 Å². The third kappa shape index (κ3) is 2.95. The summed E-state index contributed by atoms with van der Waals surface area (Å²) < 4.78 is 0. The molecule has 1 aliphatic carbocycles. The highest BCUT2D eigenvalue weighted by Gasteiger charge is 2.48. The van der Waals surface area contributed by atoms with E-state index in [9.17, 15) is 0 Å². The van der Waals surface area contributed by atoms with Gasteiger partial charge in [0.15, 0.2) is 0 Å². The average molecular weight is 268 g/mol. The van der Waals surface area contributed by atoms with Crippen LogP contribution in [-0.2, 0) is 0 Å². The molecule has 0 spiro atoms. The van der Waals surface area contributed by atoms with Gasteiger partial charge in [-0.1, -0.05) is 62.3 Å². The third-order valence-corrected chi connectivity index (χ3v) is 10.0. The molecule has 0 aromatic heterocycles. The van der Waals surface area contributed by atoms with Crippen LogP contribution in [0.15, 0.2) is 0 Å². The van der Waals surface area contributed by atoms with Crippen LogP contribution in [0.3, 0.4) is 0 Å². The van der Waals surface area contributed by atoms with E-state index < -0.39 is 0 Å². The molecule has 2 fully saturated rings. The van der Waals surface area contributed by atoms with Gasteiger partial charge in [0, 0.05) is 0 Å². The van der Waals surface area contributed by atoms with Gasteiger partial charge >= 0.3 is 0 Å². The monoisotopic (exact) mass is 268 g/mol. The van der Waals surface area contributed by atoms with Gasteiger partial charge in [0.25, 0.3) is 0 Å². The van der Waals surface area contributed by atoms with E-state index in [1.54, 1.807) is 12.8 Å². The minimum atomic E-state index is 0.251. The SMILES string of the molecule is CC(C)(C)C1CCC(C(C)(C)C)P1C1CCCC1. The van der Waals surface area contributed by atoms with Crippen molar-refractivity contribution >= 4 is 7.92 Å². The largest absolute Gasteiger partial charge is 0.0961 e. The Morgan fingerprint density at radius 1 is 0.667 bits per heavy atom. The summed E-state index contributed by atoms with van der Waals surface area (Å²) >= 11 is 0. The predicted octanol–water partition coefficient (Wildman–Crippen LogP) is 6.03. The lowest BCUT2D eigenvalue weighted by Gasteiger charge is -2.42. The van der Waals surface area contributed by atoms with E-state index >= 15 is 0 Å². The topological polar surface area (TPSA) is 0 Å². The molecule has 0 N–H and O–H groups in total. The number of hydrogen-bond donors (Lipinski definition) is 0. The van der Waals surface area contributed by atoms with E-state index in [0.29, 0.717) is 10.8 Å². The summed E-state index contributed by atoms with van der Waals surface area (Å²) in [5.41, 5.74) is 4.23. The lowest BCUT2D eigenvalue weighted by atomic mass is 9.85. The Morgan fingerprint density at radius 3 is 1.39 bits per heavy atom. The average Bonchev–Trinajstić information content (AvgIpc) is 2.83. The number of rotatable bonds is 1. The van der Waals surface area contributed by atoms with Gasteiger partial charge in [-0.25, -0.2) is 0 Å². The van der Waals surface area contributed by atoms with Gasteiger partial charge in [-0.3, -0.25) is 0 Å². The van der Waals surface area contributed by atoms with Crippen molar-refractivity contribution < 1.29 is 0 Å². The maximum absolute atomic E-state index is 2.49. The molecule has 2 atom stereocenters. The first kappa shape index (κ1) is 14.8. The highest BCUT2D eigenvalue weighted by atomic mass is 31.1. The van der Waals surface area contributed by atoms with Crippen LogP contribution in [0.1, 0.15) is 80.1 Å². The van der Waals surface area contributed by atoms with Crippen molar-refractivity contribution in [1.82, 2.24) is 0 Å². The fourth-order valence-corrected chi connectivity index (χ4v) is 9.40. The summed E-state index contributed by atoms with van der Waals surface area (Å²) in [6.45, 7) is 15.0. The lowest BCUT2D eigenvalue weighted by molar-refractivity contribution is 0.363. The van der Waals surface area contributed by atoms with Crippen LogP contribution in [0, 0.1) is 10.8 Å². The molecule has 2 rings (SSSR count). The van der Waals surface area contributed by atoms with E-state index in [4.69, 9.17) is 0 Å². The minimum absolute atomic E-state index is 0.251. The molecule has 1 aliphatic heterocycles. The molecule has 106 valence electrons. The third-order valence-electron chi connectivity index (χ3n) is 5.18. The Balaban J connectivity index is 2.23. The predicted molar refractivity (Wildman–Crippen MR) is 84.9 cm³/mol. The van der Waals surface area contributed by atoms with Crippen molar-refractivity contribution in [3.8, 4) is 0 Å². The molecular weight excluding hydrogens is 235 g/mol. The van der Waals surface area contributed by atoms with Gasteiger partial charge in [-0.2, -0.15) is 0 Å². The standard InChI is InChI=1S/C17H33P/c1-16(2,3)14-11-12-15(17(4,5)6)18(14)13-9-7-8-10-13/h13-15H,7-12H2,1-6H3. The van der Waals surface area contributed by atoms with Crippen molar-refractivity contribution in [3.05, 3.63) is 0 Å². The zero-order valence-corrected chi connectivity index (χ0v) is 14.3. The van der Waals surface area contributed by atoms with Gasteiger partial charge in [0.05, 0.1) is 0 Å². The van der Waals surface area contributed by atoms with Gasteiger partial charge in [0.2, 0.25) is 0 Å². The number of hydrogen-bond acceptors (Lipinski definition) is 0. The second-order valence-electron chi connectivity index (χ2n) is 8.73. The van der Waals surface area contributed by atoms with Crippen LogP contribution in [0.2, 0.25) is 0 Å². The summed E-state index contributed by atoms with van der Waals surface area (Å²) in [6.07, 6.45) is 9.13. The molecule has 0 aromatic rings. The Labute approximate surface area is 116 Å². The second-order valence-corrected chi connectivity index (χ2v) is 11.6. The molecule has 1 saturated carbocycles. The quantitative estimate of drug-likeness (QED) is 0.509. The normalized spacial score (nSPS) is 35.3. The highest BCUT2D eigenvalue weighted by molar-refractivity contribution is 7.60. The van der Waals surface area contributed by atoms with Crippen LogP contribution in [0.25, 0.3) is 0 Å². The Kier molecular flexibility index (Phi) is 4.19. The van der Waals surface area contributed by atoms with Crippen molar-refractivity contribution in [2.24, 2.45) is 10.8 Å². The summed E-state index contributed by atoms with van der Waals surface area (Å²) in [7, 11) is 0.251. The van der Waals surface area contributed by atoms with Crippen molar-refractivity contribution in [2.75, 3.05) is 0 Å². The molecule has 2 aliphatic rings. The molecule has 1 heterocycles. The zero-order chi connectivity index (χ0) is 13.6. The van der Waals surface area contributed by atoms with E-state index in [1.807, 2.05) is 0 Å². The van der Waals surface area contributed by atoms with Crippen LogP contribution in [0.4, 0.5) is 0 Å². The van der Waals surface area contributed by atoms with E-state index in [2.05, 4.69) is 41.5 Å². The van der Waals surface area contributed by atoms with Crippen LogP contribution in [0.5, 0.6) is 0 Å². The second kappa shape index (κ2) is 5.08. The van der Waals surface area contributed by atoms with Gasteiger partial charge in [-0.15, -0.1) is 0 Å². The minimum Gasteiger partial charge on any atom is -0.0961 e. The molecule has 0 bridgehead atoms. The van der Waals surface area contributed by atoms with Gasteiger partial charge in [-0.05, 0) is 53.5 Å². The summed E-state index contributed by atoms with van der Waals surface area (Å²) in [5, 5.41) is 0. The Hall–Kier alpha value is 0.430.